The van der Waals surface area contributed by atoms with Crippen molar-refractivity contribution < 1.29 is 4.74 Å². The lowest BCUT2D eigenvalue weighted by molar-refractivity contribution is 0.198. The van der Waals surface area contributed by atoms with Gasteiger partial charge in [0.05, 0.1) is 6.61 Å². The zero-order chi connectivity index (χ0) is 13.0. The molecule has 18 heavy (non-hydrogen) atoms. The second kappa shape index (κ2) is 6.05. The molecule has 0 radical (unpaired) electrons. The third kappa shape index (κ3) is 3.71. The minimum Gasteiger partial charge on any atom is -0.383 e. The summed E-state index contributed by atoms with van der Waals surface area (Å²) in [7, 11) is 1.74. The predicted octanol–water partition coefficient (Wildman–Crippen LogP) is 3.14. The molecule has 0 aliphatic heterocycles. The molecule has 2 nitrogen and oxygen atoms in total. The van der Waals surface area contributed by atoms with E-state index in [-0.39, 0.29) is 0 Å². The topological polar surface area (TPSA) is 21.3 Å². The lowest BCUT2D eigenvalue weighted by atomic mass is 9.96. The van der Waals surface area contributed by atoms with Crippen LogP contribution < -0.4 is 5.32 Å². The molecule has 2 rings (SSSR count). The molecule has 100 valence electrons. The third-order valence-electron chi connectivity index (χ3n) is 3.93. The fourth-order valence-corrected chi connectivity index (χ4v) is 2.68. The van der Waals surface area contributed by atoms with Crippen LogP contribution in [0.25, 0.3) is 0 Å². The van der Waals surface area contributed by atoms with Crippen molar-refractivity contribution in [3.63, 3.8) is 0 Å². The first-order valence-corrected chi connectivity index (χ1v) is 6.96. The standard InChI is InChI=1S/C15H22ClNO/c1-15(9-12-3-5-14(16)6-4-12)10-13(15)11-17-7-8-18-2/h3-6,13,17H,7-11H2,1-2H3. The van der Waals surface area contributed by atoms with Crippen LogP contribution in [-0.4, -0.2) is 26.8 Å². The van der Waals surface area contributed by atoms with Crippen LogP contribution in [0.3, 0.4) is 0 Å². The lowest BCUT2D eigenvalue weighted by Crippen LogP contribution is -2.23. The summed E-state index contributed by atoms with van der Waals surface area (Å²) in [5, 5.41) is 4.27. The third-order valence-corrected chi connectivity index (χ3v) is 4.19. The molecule has 1 aliphatic rings. The van der Waals surface area contributed by atoms with Crippen LogP contribution in [0.2, 0.25) is 5.02 Å². The SMILES string of the molecule is COCCNCC1CC1(C)Cc1ccc(Cl)cc1. The van der Waals surface area contributed by atoms with Crippen LogP contribution in [0.15, 0.2) is 24.3 Å². The van der Waals surface area contributed by atoms with Crippen molar-refractivity contribution in [1.82, 2.24) is 5.32 Å². The molecular formula is C15H22ClNO. The van der Waals surface area contributed by atoms with E-state index < -0.39 is 0 Å². The minimum absolute atomic E-state index is 0.466. The second-order valence-corrected chi connectivity index (χ2v) is 5.99. The molecule has 1 aliphatic carbocycles. The van der Waals surface area contributed by atoms with Gasteiger partial charge in [-0.2, -0.15) is 0 Å². The zero-order valence-corrected chi connectivity index (χ0v) is 12.0. The van der Waals surface area contributed by atoms with Crippen LogP contribution >= 0.6 is 11.6 Å². The quantitative estimate of drug-likeness (QED) is 0.767. The zero-order valence-electron chi connectivity index (χ0n) is 11.2. The molecule has 0 aromatic heterocycles. The number of ether oxygens (including phenoxy) is 1. The number of methoxy groups -OCH3 is 1. The largest absolute Gasteiger partial charge is 0.383 e. The number of hydrogen-bond acceptors (Lipinski definition) is 2. The van der Waals surface area contributed by atoms with Gasteiger partial charge in [0.15, 0.2) is 0 Å². The average Bonchev–Trinajstić information content (AvgIpc) is 2.99. The summed E-state index contributed by atoms with van der Waals surface area (Å²) in [5.74, 6) is 0.796. The maximum absolute atomic E-state index is 5.90. The molecule has 1 N–H and O–H groups in total. The van der Waals surface area contributed by atoms with Crippen molar-refractivity contribution in [1.29, 1.82) is 0 Å². The monoisotopic (exact) mass is 267 g/mol. The van der Waals surface area contributed by atoms with Crippen LogP contribution in [0.1, 0.15) is 18.9 Å². The number of hydrogen-bond donors (Lipinski definition) is 1. The Morgan fingerprint density at radius 2 is 2.11 bits per heavy atom. The van der Waals surface area contributed by atoms with Gasteiger partial charge in [-0.1, -0.05) is 30.7 Å². The summed E-state index contributed by atoms with van der Waals surface area (Å²) in [6.45, 7) is 5.22. The van der Waals surface area contributed by atoms with Gasteiger partial charge in [-0.05, 0) is 48.4 Å². The molecule has 3 heteroatoms. The highest BCUT2D eigenvalue weighted by Gasteiger charge is 2.48. The Morgan fingerprint density at radius 1 is 1.39 bits per heavy atom. The maximum Gasteiger partial charge on any atom is 0.0587 e. The first kappa shape index (κ1) is 13.9. The highest BCUT2D eigenvalue weighted by atomic mass is 35.5. The number of rotatable bonds is 7. The van der Waals surface area contributed by atoms with E-state index >= 15 is 0 Å². The van der Waals surface area contributed by atoms with E-state index in [1.165, 1.54) is 12.0 Å². The summed E-state index contributed by atoms with van der Waals surface area (Å²) in [6.07, 6.45) is 2.47. The van der Waals surface area contributed by atoms with Crippen molar-refractivity contribution in [3.05, 3.63) is 34.9 Å². The summed E-state index contributed by atoms with van der Waals surface area (Å²) >= 11 is 5.90. The fraction of sp³-hybridized carbons (Fsp3) is 0.600. The minimum atomic E-state index is 0.466. The summed E-state index contributed by atoms with van der Waals surface area (Å²) in [6, 6.07) is 8.24. The van der Waals surface area contributed by atoms with Crippen molar-refractivity contribution in [3.8, 4) is 0 Å². The Hall–Kier alpha value is -0.570. The molecule has 2 unspecified atom stereocenters. The number of benzene rings is 1. The highest BCUT2D eigenvalue weighted by Crippen LogP contribution is 2.53. The fourth-order valence-electron chi connectivity index (χ4n) is 2.56. The van der Waals surface area contributed by atoms with Gasteiger partial charge >= 0.3 is 0 Å². The normalized spacial score (nSPS) is 26.3. The molecule has 1 fully saturated rings. The van der Waals surface area contributed by atoms with E-state index in [0.29, 0.717) is 5.41 Å². The highest BCUT2D eigenvalue weighted by molar-refractivity contribution is 6.30. The van der Waals surface area contributed by atoms with Gasteiger partial charge in [-0.3, -0.25) is 0 Å². The molecule has 0 spiro atoms. The Balaban J connectivity index is 1.75. The van der Waals surface area contributed by atoms with Gasteiger partial charge in [0.2, 0.25) is 0 Å². The van der Waals surface area contributed by atoms with E-state index in [0.717, 1.165) is 37.1 Å². The van der Waals surface area contributed by atoms with E-state index in [1.807, 2.05) is 12.1 Å². The van der Waals surface area contributed by atoms with Crippen molar-refractivity contribution in [2.45, 2.75) is 19.8 Å². The molecule has 0 heterocycles. The van der Waals surface area contributed by atoms with Gasteiger partial charge in [0, 0.05) is 18.7 Å². The van der Waals surface area contributed by atoms with Gasteiger partial charge < -0.3 is 10.1 Å². The summed E-state index contributed by atoms with van der Waals surface area (Å²) in [5.41, 5.74) is 1.86. The van der Waals surface area contributed by atoms with Gasteiger partial charge in [-0.25, -0.2) is 0 Å². The molecule has 1 aromatic rings. The Kier molecular flexibility index (Phi) is 4.66. The van der Waals surface area contributed by atoms with E-state index in [4.69, 9.17) is 16.3 Å². The Morgan fingerprint density at radius 3 is 2.78 bits per heavy atom. The van der Waals surface area contributed by atoms with E-state index in [9.17, 15) is 0 Å². The van der Waals surface area contributed by atoms with Crippen LogP contribution in [0.4, 0.5) is 0 Å². The molecule has 0 bridgehead atoms. The van der Waals surface area contributed by atoms with Crippen molar-refractivity contribution >= 4 is 11.6 Å². The molecule has 1 saturated carbocycles. The Labute approximate surface area is 115 Å². The first-order chi connectivity index (χ1) is 8.64. The lowest BCUT2D eigenvalue weighted by Gasteiger charge is -2.12. The van der Waals surface area contributed by atoms with Crippen LogP contribution in [-0.2, 0) is 11.2 Å². The smallest absolute Gasteiger partial charge is 0.0587 e. The van der Waals surface area contributed by atoms with Crippen molar-refractivity contribution in [2.75, 3.05) is 26.8 Å². The van der Waals surface area contributed by atoms with Gasteiger partial charge in [-0.15, -0.1) is 0 Å². The van der Waals surface area contributed by atoms with Crippen LogP contribution in [0.5, 0.6) is 0 Å². The molecule has 0 amide bonds. The Bertz CT molecular complexity index is 379. The number of halogens is 1. The van der Waals surface area contributed by atoms with Gasteiger partial charge in [0.1, 0.15) is 0 Å². The average molecular weight is 268 g/mol. The van der Waals surface area contributed by atoms with E-state index in [2.05, 4.69) is 24.4 Å². The maximum atomic E-state index is 5.90. The second-order valence-electron chi connectivity index (χ2n) is 5.56. The molecule has 2 atom stereocenters. The predicted molar refractivity (Wildman–Crippen MR) is 76.1 cm³/mol. The van der Waals surface area contributed by atoms with Crippen molar-refractivity contribution in [2.24, 2.45) is 11.3 Å². The number of nitrogens with one attached hydrogen (secondary N) is 1. The molecular weight excluding hydrogens is 246 g/mol. The summed E-state index contributed by atoms with van der Waals surface area (Å²) in [4.78, 5) is 0. The van der Waals surface area contributed by atoms with Gasteiger partial charge in [0.25, 0.3) is 0 Å². The summed E-state index contributed by atoms with van der Waals surface area (Å²) < 4.78 is 5.03. The van der Waals surface area contributed by atoms with E-state index in [1.54, 1.807) is 7.11 Å². The molecule has 1 aromatic carbocycles. The molecule has 0 saturated heterocycles. The van der Waals surface area contributed by atoms with Crippen LogP contribution in [0, 0.1) is 11.3 Å². The first-order valence-electron chi connectivity index (χ1n) is 6.58.